The van der Waals surface area contributed by atoms with Crippen LogP contribution in [0.4, 0.5) is 5.69 Å². The minimum absolute atomic E-state index is 0.0347. The van der Waals surface area contributed by atoms with Crippen LogP contribution >= 0.6 is 0 Å². The quantitative estimate of drug-likeness (QED) is 0.669. The predicted molar refractivity (Wildman–Crippen MR) is 108 cm³/mol. The van der Waals surface area contributed by atoms with Gasteiger partial charge in [-0.15, -0.1) is 0 Å². The zero-order chi connectivity index (χ0) is 20.6. The van der Waals surface area contributed by atoms with Crippen LogP contribution in [0.15, 0.2) is 42.5 Å². The number of benzene rings is 2. The van der Waals surface area contributed by atoms with Crippen molar-refractivity contribution in [1.29, 1.82) is 0 Å². The number of hydrogen-bond acceptors (Lipinski definition) is 5. The molecule has 29 heavy (non-hydrogen) atoms. The number of esters is 1. The fourth-order valence-electron chi connectivity index (χ4n) is 3.27. The number of aryl methyl sites for hydroxylation is 2. The van der Waals surface area contributed by atoms with E-state index in [1.807, 2.05) is 18.2 Å². The average molecular weight is 396 g/mol. The number of para-hydroxylation sites is 1. The normalized spacial score (nSPS) is 12.0. The summed E-state index contributed by atoms with van der Waals surface area (Å²) in [6.07, 6.45) is 3.20. The number of anilines is 1. The summed E-state index contributed by atoms with van der Waals surface area (Å²) in [7, 11) is 1.48. The van der Waals surface area contributed by atoms with E-state index in [9.17, 15) is 14.4 Å². The molecule has 0 saturated carbocycles. The van der Waals surface area contributed by atoms with Gasteiger partial charge in [-0.3, -0.25) is 14.4 Å². The monoisotopic (exact) mass is 396 g/mol. The zero-order valence-corrected chi connectivity index (χ0v) is 16.3. The highest BCUT2D eigenvalue weighted by atomic mass is 16.5. The van der Waals surface area contributed by atoms with Crippen LogP contribution in [-0.2, 0) is 27.2 Å². The minimum Gasteiger partial charge on any atom is -0.496 e. The standard InChI is InChI=1S/C22H24N2O5/c1-28-19-8-3-2-7-18(19)22(27)23-12-11-21(26)29-14-20(25)24-17-10-9-15-5-4-6-16(15)13-17/h2-3,7-10,13H,4-6,11-12,14H2,1H3,(H,23,27)(H,24,25). The summed E-state index contributed by atoms with van der Waals surface area (Å²) in [5.74, 6) is -0.843. The molecule has 0 radical (unpaired) electrons. The molecule has 7 heteroatoms. The molecule has 2 aromatic carbocycles. The molecule has 0 aliphatic heterocycles. The van der Waals surface area contributed by atoms with Gasteiger partial charge < -0.3 is 20.1 Å². The summed E-state index contributed by atoms with van der Waals surface area (Å²) in [4.78, 5) is 35.9. The first-order valence-corrected chi connectivity index (χ1v) is 9.55. The first-order chi connectivity index (χ1) is 14.1. The van der Waals surface area contributed by atoms with Crippen molar-refractivity contribution in [2.24, 2.45) is 0 Å². The molecule has 3 rings (SSSR count). The Bertz CT molecular complexity index is 910. The van der Waals surface area contributed by atoms with E-state index in [-0.39, 0.29) is 25.5 Å². The van der Waals surface area contributed by atoms with Gasteiger partial charge in [0.25, 0.3) is 11.8 Å². The molecule has 0 bridgehead atoms. The maximum atomic E-state index is 12.1. The lowest BCUT2D eigenvalue weighted by molar-refractivity contribution is -0.147. The van der Waals surface area contributed by atoms with Crippen LogP contribution in [-0.4, -0.2) is 38.0 Å². The van der Waals surface area contributed by atoms with Crippen LogP contribution < -0.4 is 15.4 Å². The average Bonchev–Trinajstić information content (AvgIpc) is 3.20. The van der Waals surface area contributed by atoms with Crippen LogP contribution in [0.3, 0.4) is 0 Å². The molecule has 0 fully saturated rings. The van der Waals surface area contributed by atoms with Crippen molar-refractivity contribution in [3.05, 3.63) is 59.2 Å². The number of methoxy groups -OCH3 is 1. The van der Waals surface area contributed by atoms with Gasteiger partial charge in [0, 0.05) is 12.2 Å². The number of hydrogen-bond donors (Lipinski definition) is 2. The molecule has 2 amide bonds. The highest BCUT2D eigenvalue weighted by Crippen LogP contribution is 2.24. The van der Waals surface area contributed by atoms with Crippen LogP contribution in [0.25, 0.3) is 0 Å². The van der Waals surface area contributed by atoms with Gasteiger partial charge >= 0.3 is 5.97 Å². The Balaban J connectivity index is 1.37. The second-order valence-electron chi connectivity index (χ2n) is 6.75. The Hall–Kier alpha value is -3.35. The van der Waals surface area contributed by atoms with Crippen LogP contribution in [0.1, 0.15) is 34.3 Å². The van der Waals surface area contributed by atoms with Crippen molar-refractivity contribution >= 4 is 23.5 Å². The largest absolute Gasteiger partial charge is 0.496 e. The number of fused-ring (bicyclic) bond motifs is 1. The molecule has 7 nitrogen and oxygen atoms in total. The SMILES string of the molecule is COc1ccccc1C(=O)NCCC(=O)OCC(=O)Nc1ccc2c(c1)CCC2. The lowest BCUT2D eigenvalue weighted by atomic mass is 10.1. The fourth-order valence-corrected chi connectivity index (χ4v) is 3.27. The Morgan fingerprint density at radius 1 is 1.03 bits per heavy atom. The summed E-state index contributed by atoms with van der Waals surface area (Å²) in [5, 5.41) is 5.37. The topological polar surface area (TPSA) is 93.7 Å². The summed E-state index contributed by atoms with van der Waals surface area (Å²) in [5.41, 5.74) is 3.67. The number of nitrogens with one attached hydrogen (secondary N) is 2. The third kappa shape index (κ3) is 5.57. The molecule has 0 saturated heterocycles. The lowest BCUT2D eigenvalue weighted by Crippen LogP contribution is -2.28. The van der Waals surface area contributed by atoms with Crippen molar-refractivity contribution < 1.29 is 23.9 Å². The third-order valence-electron chi connectivity index (χ3n) is 4.71. The summed E-state index contributed by atoms with van der Waals surface area (Å²) in [6, 6.07) is 12.7. The molecule has 0 unspecified atom stereocenters. The molecule has 1 aliphatic rings. The van der Waals surface area contributed by atoms with Crippen molar-refractivity contribution in [1.82, 2.24) is 5.32 Å². The first-order valence-electron chi connectivity index (χ1n) is 9.55. The molecule has 2 N–H and O–H groups in total. The van der Waals surface area contributed by atoms with Crippen molar-refractivity contribution in [2.45, 2.75) is 25.7 Å². The van der Waals surface area contributed by atoms with Crippen LogP contribution in [0.5, 0.6) is 5.75 Å². The van der Waals surface area contributed by atoms with Crippen molar-refractivity contribution in [2.75, 3.05) is 25.6 Å². The second-order valence-corrected chi connectivity index (χ2v) is 6.75. The van der Waals surface area contributed by atoms with Gasteiger partial charge in [0.1, 0.15) is 5.75 Å². The van der Waals surface area contributed by atoms with Crippen molar-refractivity contribution in [3.8, 4) is 5.75 Å². The maximum Gasteiger partial charge on any atom is 0.308 e. The number of carbonyl (C=O) groups excluding carboxylic acids is 3. The van der Waals surface area contributed by atoms with Gasteiger partial charge in [0.05, 0.1) is 19.1 Å². The molecule has 0 spiro atoms. The molecular formula is C22H24N2O5. The minimum atomic E-state index is -0.561. The summed E-state index contributed by atoms with van der Waals surface area (Å²) < 4.78 is 10.1. The Morgan fingerprint density at radius 3 is 2.66 bits per heavy atom. The van der Waals surface area contributed by atoms with Crippen molar-refractivity contribution in [3.63, 3.8) is 0 Å². The van der Waals surface area contributed by atoms with Gasteiger partial charge in [-0.2, -0.15) is 0 Å². The van der Waals surface area contributed by atoms with Gasteiger partial charge in [0.15, 0.2) is 6.61 Å². The molecule has 0 aromatic heterocycles. The second kappa shape index (κ2) is 9.73. The molecule has 2 aromatic rings. The highest BCUT2D eigenvalue weighted by molar-refractivity contribution is 5.97. The van der Waals surface area contributed by atoms with E-state index in [4.69, 9.17) is 9.47 Å². The third-order valence-corrected chi connectivity index (χ3v) is 4.71. The van der Waals surface area contributed by atoms with Crippen LogP contribution in [0, 0.1) is 0 Å². The van der Waals surface area contributed by atoms with E-state index >= 15 is 0 Å². The zero-order valence-electron chi connectivity index (χ0n) is 16.3. The predicted octanol–water partition coefficient (Wildman–Crippen LogP) is 2.49. The maximum absolute atomic E-state index is 12.1. The summed E-state index contributed by atoms with van der Waals surface area (Å²) in [6.45, 7) is -0.265. The number of ether oxygens (including phenoxy) is 2. The Kier molecular flexibility index (Phi) is 6.84. The summed E-state index contributed by atoms with van der Waals surface area (Å²) >= 11 is 0. The van der Waals surface area contributed by atoms with Gasteiger partial charge in [0.2, 0.25) is 0 Å². The van der Waals surface area contributed by atoms with Gasteiger partial charge in [-0.1, -0.05) is 18.2 Å². The van der Waals surface area contributed by atoms with Crippen LogP contribution in [0.2, 0.25) is 0 Å². The van der Waals surface area contributed by atoms with E-state index in [1.54, 1.807) is 24.3 Å². The lowest BCUT2D eigenvalue weighted by Gasteiger charge is -2.10. The molecule has 152 valence electrons. The van der Waals surface area contributed by atoms with E-state index in [0.29, 0.717) is 17.0 Å². The van der Waals surface area contributed by atoms with E-state index in [0.717, 1.165) is 19.3 Å². The van der Waals surface area contributed by atoms with E-state index in [1.165, 1.54) is 18.2 Å². The fraction of sp³-hybridized carbons (Fsp3) is 0.318. The van der Waals surface area contributed by atoms with Gasteiger partial charge in [-0.25, -0.2) is 0 Å². The van der Waals surface area contributed by atoms with E-state index < -0.39 is 11.9 Å². The molecule has 0 heterocycles. The number of carbonyl (C=O) groups is 3. The number of rotatable bonds is 8. The van der Waals surface area contributed by atoms with Gasteiger partial charge in [-0.05, 0) is 54.7 Å². The smallest absolute Gasteiger partial charge is 0.308 e. The molecule has 0 atom stereocenters. The van der Waals surface area contributed by atoms with E-state index in [2.05, 4.69) is 10.6 Å². The Morgan fingerprint density at radius 2 is 1.83 bits per heavy atom. The number of amides is 2. The molecular weight excluding hydrogens is 372 g/mol. The Labute approximate surface area is 169 Å². The highest BCUT2D eigenvalue weighted by Gasteiger charge is 2.14. The first kappa shape index (κ1) is 20.4. The molecule has 1 aliphatic carbocycles.